The van der Waals surface area contributed by atoms with E-state index in [1.54, 1.807) is 0 Å². The van der Waals surface area contributed by atoms with Gasteiger partial charge >= 0.3 is 17.9 Å². The second-order valence-electron chi connectivity index (χ2n) is 17.1. The van der Waals surface area contributed by atoms with E-state index in [4.69, 9.17) is 14.2 Å². The fraction of sp³-hybridized carbons (Fsp3) is 0.830. The van der Waals surface area contributed by atoms with Gasteiger partial charge in [0.25, 0.3) is 0 Å². The molecule has 0 aromatic rings. The highest BCUT2D eigenvalue weighted by Gasteiger charge is 2.19. The second kappa shape index (κ2) is 48.3. The van der Waals surface area contributed by atoms with Crippen molar-refractivity contribution >= 4 is 17.9 Å². The molecule has 0 saturated carbocycles. The molecular weight excluding hydrogens is 733 g/mol. The van der Waals surface area contributed by atoms with Gasteiger partial charge in [-0.2, -0.15) is 0 Å². The second-order valence-corrected chi connectivity index (χ2v) is 17.1. The molecule has 1 unspecified atom stereocenters. The van der Waals surface area contributed by atoms with E-state index in [0.717, 1.165) is 89.9 Å². The van der Waals surface area contributed by atoms with Crippen LogP contribution in [0.25, 0.3) is 0 Å². The maximum absolute atomic E-state index is 12.7. The molecule has 0 fully saturated rings. The van der Waals surface area contributed by atoms with E-state index in [1.807, 2.05) is 0 Å². The van der Waals surface area contributed by atoms with E-state index in [-0.39, 0.29) is 31.1 Å². The summed E-state index contributed by atoms with van der Waals surface area (Å²) in [6, 6.07) is 0. The van der Waals surface area contributed by atoms with Crippen LogP contribution in [0.5, 0.6) is 0 Å². The number of allylic oxidation sites excluding steroid dienone is 6. The predicted octanol–water partition coefficient (Wildman–Crippen LogP) is 16.5. The average molecular weight is 829 g/mol. The lowest BCUT2D eigenvalue weighted by Gasteiger charge is -2.18. The Bertz CT molecular complexity index is 1000. The number of unbranched alkanes of at least 4 members (excludes halogenated alkanes) is 29. The molecule has 0 aliphatic carbocycles. The Labute approximate surface area is 365 Å². The summed E-state index contributed by atoms with van der Waals surface area (Å²) in [5, 5.41) is 0. The molecule has 0 radical (unpaired) electrons. The number of carbonyl (C=O) groups excluding carboxylic acids is 3. The summed E-state index contributed by atoms with van der Waals surface area (Å²) >= 11 is 0. The van der Waals surface area contributed by atoms with Gasteiger partial charge in [-0.25, -0.2) is 0 Å². The first-order valence-corrected chi connectivity index (χ1v) is 25.5. The summed E-state index contributed by atoms with van der Waals surface area (Å²) < 4.78 is 16.6. The van der Waals surface area contributed by atoms with Crippen molar-refractivity contribution in [1.82, 2.24) is 0 Å². The number of ether oxygens (including phenoxy) is 3. The Morgan fingerprint density at radius 1 is 0.356 bits per heavy atom. The Morgan fingerprint density at radius 2 is 0.661 bits per heavy atom. The van der Waals surface area contributed by atoms with Crippen molar-refractivity contribution in [2.24, 2.45) is 0 Å². The molecule has 0 aromatic carbocycles. The van der Waals surface area contributed by atoms with Crippen LogP contribution in [0.2, 0.25) is 0 Å². The highest BCUT2D eigenvalue weighted by Crippen LogP contribution is 2.16. The molecule has 0 aliphatic heterocycles. The minimum absolute atomic E-state index is 0.0815. The van der Waals surface area contributed by atoms with Gasteiger partial charge in [0.15, 0.2) is 6.10 Å². The first kappa shape index (κ1) is 56.6. The molecule has 0 rings (SSSR count). The molecule has 6 heteroatoms. The predicted molar refractivity (Wildman–Crippen MR) is 252 cm³/mol. The first-order chi connectivity index (χ1) is 29.0. The Morgan fingerprint density at radius 3 is 1.03 bits per heavy atom. The van der Waals surface area contributed by atoms with Crippen LogP contribution >= 0.6 is 0 Å². The van der Waals surface area contributed by atoms with Crippen molar-refractivity contribution < 1.29 is 28.6 Å². The molecule has 0 N–H and O–H groups in total. The lowest BCUT2D eigenvalue weighted by Crippen LogP contribution is -2.30. The van der Waals surface area contributed by atoms with E-state index < -0.39 is 6.10 Å². The van der Waals surface area contributed by atoms with E-state index in [1.165, 1.54) is 135 Å². The third-order valence-electron chi connectivity index (χ3n) is 11.2. The van der Waals surface area contributed by atoms with E-state index in [0.29, 0.717) is 19.3 Å². The SMILES string of the molecule is CC/C=C\C/C=C\C/C=C\CCCCCC(=O)OC(COC(=O)CCCCCCC)COC(=O)CCCCCCCCCCCCCCCCCCCCCCCCC. The molecule has 0 heterocycles. The fourth-order valence-electron chi connectivity index (χ4n) is 7.34. The minimum atomic E-state index is -0.779. The van der Waals surface area contributed by atoms with Crippen LogP contribution in [0.15, 0.2) is 36.5 Å². The zero-order chi connectivity index (χ0) is 43.0. The van der Waals surface area contributed by atoms with Crippen LogP contribution in [-0.2, 0) is 28.6 Å². The minimum Gasteiger partial charge on any atom is -0.462 e. The molecule has 1 atom stereocenters. The molecule has 0 bridgehead atoms. The van der Waals surface area contributed by atoms with Crippen LogP contribution in [0.1, 0.15) is 265 Å². The Kier molecular flexibility index (Phi) is 46.4. The maximum atomic E-state index is 12.7. The lowest BCUT2D eigenvalue weighted by atomic mass is 10.0. The monoisotopic (exact) mass is 829 g/mol. The van der Waals surface area contributed by atoms with E-state index >= 15 is 0 Å². The quantitative estimate of drug-likeness (QED) is 0.0263. The number of hydrogen-bond acceptors (Lipinski definition) is 6. The van der Waals surface area contributed by atoms with Crippen molar-refractivity contribution in [2.75, 3.05) is 13.2 Å². The summed E-state index contributed by atoms with van der Waals surface area (Å²) in [5.74, 6) is -0.918. The van der Waals surface area contributed by atoms with E-state index in [9.17, 15) is 14.4 Å². The lowest BCUT2D eigenvalue weighted by molar-refractivity contribution is -0.167. The highest BCUT2D eigenvalue weighted by molar-refractivity contribution is 5.71. The van der Waals surface area contributed by atoms with Gasteiger partial charge in [0.05, 0.1) is 0 Å². The van der Waals surface area contributed by atoms with Gasteiger partial charge in [0, 0.05) is 19.3 Å². The summed E-state index contributed by atoms with van der Waals surface area (Å²) in [4.78, 5) is 37.6. The fourth-order valence-corrected chi connectivity index (χ4v) is 7.34. The van der Waals surface area contributed by atoms with E-state index in [2.05, 4.69) is 57.2 Å². The third kappa shape index (κ3) is 46.5. The van der Waals surface area contributed by atoms with Gasteiger partial charge in [-0.05, 0) is 51.4 Å². The number of carbonyl (C=O) groups is 3. The van der Waals surface area contributed by atoms with Gasteiger partial charge in [-0.3, -0.25) is 14.4 Å². The molecular formula is C53H96O6. The third-order valence-corrected chi connectivity index (χ3v) is 11.2. The number of esters is 3. The summed E-state index contributed by atoms with van der Waals surface area (Å²) in [7, 11) is 0. The zero-order valence-electron chi connectivity index (χ0n) is 39.3. The van der Waals surface area contributed by atoms with Crippen molar-refractivity contribution in [3.8, 4) is 0 Å². The zero-order valence-corrected chi connectivity index (χ0v) is 39.3. The maximum Gasteiger partial charge on any atom is 0.306 e. The molecule has 0 spiro atoms. The molecule has 0 aliphatic rings. The van der Waals surface area contributed by atoms with Crippen LogP contribution in [-0.4, -0.2) is 37.2 Å². The summed E-state index contributed by atoms with van der Waals surface area (Å²) in [5.41, 5.74) is 0. The largest absolute Gasteiger partial charge is 0.462 e. The first-order valence-electron chi connectivity index (χ1n) is 25.5. The van der Waals surface area contributed by atoms with Gasteiger partial charge in [0.2, 0.25) is 0 Å². The van der Waals surface area contributed by atoms with Gasteiger partial charge < -0.3 is 14.2 Å². The van der Waals surface area contributed by atoms with Crippen LogP contribution in [0.4, 0.5) is 0 Å². The summed E-state index contributed by atoms with van der Waals surface area (Å²) in [6.45, 7) is 6.43. The van der Waals surface area contributed by atoms with Crippen molar-refractivity contribution in [3.63, 3.8) is 0 Å². The average Bonchev–Trinajstić information content (AvgIpc) is 3.23. The smallest absolute Gasteiger partial charge is 0.306 e. The Hall–Kier alpha value is -2.37. The molecule has 344 valence electrons. The summed E-state index contributed by atoms with van der Waals surface area (Å²) in [6.07, 6.45) is 56.1. The van der Waals surface area contributed by atoms with Crippen molar-refractivity contribution in [1.29, 1.82) is 0 Å². The highest BCUT2D eigenvalue weighted by atomic mass is 16.6. The number of rotatable bonds is 46. The van der Waals surface area contributed by atoms with Crippen LogP contribution < -0.4 is 0 Å². The molecule has 0 aromatic heterocycles. The van der Waals surface area contributed by atoms with Crippen molar-refractivity contribution in [3.05, 3.63) is 36.5 Å². The van der Waals surface area contributed by atoms with Crippen LogP contribution in [0.3, 0.4) is 0 Å². The van der Waals surface area contributed by atoms with Gasteiger partial charge in [-0.15, -0.1) is 0 Å². The topological polar surface area (TPSA) is 78.9 Å². The van der Waals surface area contributed by atoms with Gasteiger partial charge in [0.1, 0.15) is 13.2 Å². The normalized spacial score (nSPS) is 12.3. The van der Waals surface area contributed by atoms with Crippen LogP contribution in [0, 0.1) is 0 Å². The molecule has 0 amide bonds. The van der Waals surface area contributed by atoms with Gasteiger partial charge in [-0.1, -0.05) is 231 Å². The number of hydrogen-bond donors (Lipinski definition) is 0. The molecule has 59 heavy (non-hydrogen) atoms. The standard InChI is InChI=1S/C53H96O6/c1-4-7-10-13-15-17-19-21-22-23-24-25-26-27-28-29-30-32-33-35-37-40-43-46-52(55)58-49-50(48-57-51(54)45-42-39-12-9-6-3)59-53(56)47-44-41-38-36-34-31-20-18-16-14-11-8-5-2/h8,11,16,18,31,34,50H,4-7,9-10,12-15,17,19-30,32-33,35-49H2,1-3H3/b11-8-,18-16-,34-31-. The molecule has 6 nitrogen and oxygen atoms in total. The molecule has 0 saturated heterocycles. The Balaban J connectivity index is 4.07. The van der Waals surface area contributed by atoms with Crippen molar-refractivity contribution in [2.45, 2.75) is 271 Å².